The lowest BCUT2D eigenvalue weighted by Crippen LogP contribution is -2.45. The molecule has 1 fully saturated rings. The van der Waals surface area contributed by atoms with E-state index in [4.69, 9.17) is 19.7 Å². The number of nitrogens with two attached hydrogens (primary N) is 1. The van der Waals surface area contributed by atoms with Gasteiger partial charge in [-0.15, -0.1) is 0 Å². The highest BCUT2D eigenvalue weighted by Crippen LogP contribution is 2.42. The van der Waals surface area contributed by atoms with Gasteiger partial charge < -0.3 is 35.2 Å². The van der Waals surface area contributed by atoms with Gasteiger partial charge in [-0.3, -0.25) is 9.32 Å². The van der Waals surface area contributed by atoms with Crippen LogP contribution in [0.5, 0.6) is 0 Å². The Bertz CT molecular complexity index is 1070. The Morgan fingerprint density at radius 3 is 2.66 bits per heavy atom. The van der Waals surface area contributed by atoms with Crippen molar-refractivity contribution in [2.24, 2.45) is 23.5 Å². The lowest BCUT2D eigenvalue weighted by atomic mass is 9.86. The van der Waals surface area contributed by atoms with Gasteiger partial charge in [0.2, 0.25) is 0 Å². The van der Waals surface area contributed by atoms with Crippen LogP contribution >= 0.6 is 7.82 Å². The molecule has 12 heteroatoms. The maximum absolute atomic E-state index is 12.2. The lowest BCUT2D eigenvalue weighted by Gasteiger charge is -2.35. The number of allylic oxidation sites excluding steroid dienone is 3. The van der Waals surface area contributed by atoms with Crippen molar-refractivity contribution >= 4 is 19.8 Å². The zero-order chi connectivity index (χ0) is 32.8. The highest BCUT2D eigenvalue weighted by atomic mass is 31.2. The molecule has 0 aromatic rings. The second-order valence-corrected chi connectivity index (χ2v) is 13.2. The van der Waals surface area contributed by atoms with Crippen molar-refractivity contribution in [3.8, 4) is 0 Å². The lowest BCUT2D eigenvalue weighted by molar-refractivity contribution is -0.151. The summed E-state index contributed by atoms with van der Waals surface area (Å²) in [4.78, 5) is 43.1. The number of phosphoric ester groups is 1. The van der Waals surface area contributed by atoms with E-state index in [-0.39, 0.29) is 43.3 Å². The van der Waals surface area contributed by atoms with Crippen LogP contribution in [0.15, 0.2) is 48.6 Å². The minimum atomic E-state index is -5.08. The topological polar surface area (TPSA) is 186 Å². The Hall–Kier alpha value is -2.11. The molecule has 8 atom stereocenters. The zero-order valence-electron chi connectivity index (χ0n) is 26.2. The van der Waals surface area contributed by atoms with Crippen LogP contribution in [0.4, 0.5) is 0 Å². The van der Waals surface area contributed by atoms with E-state index in [1.807, 2.05) is 13.0 Å². The third kappa shape index (κ3) is 13.9. The molecule has 44 heavy (non-hydrogen) atoms. The largest absolute Gasteiger partial charge is 0.469 e. The molecule has 0 amide bonds. The highest BCUT2D eigenvalue weighted by molar-refractivity contribution is 7.46. The summed E-state index contributed by atoms with van der Waals surface area (Å²) >= 11 is 0. The molecule has 8 unspecified atom stereocenters. The summed E-state index contributed by atoms with van der Waals surface area (Å²) in [6.45, 7) is 6.09. The molecule has 250 valence electrons. The smallest absolute Gasteiger partial charge is 0.462 e. The van der Waals surface area contributed by atoms with Crippen LogP contribution in [0.3, 0.4) is 0 Å². The van der Waals surface area contributed by atoms with Crippen LogP contribution in [-0.4, -0.2) is 68.5 Å². The van der Waals surface area contributed by atoms with Gasteiger partial charge in [-0.1, -0.05) is 63.6 Å². The standard InChI is InChI=1S/C32H52NO10P/c1-4-23(3)13-15-30(35)41-27-12-8-10-24(21-27)9-6-7-11-26(34)22-29(43-44(38,39)40)32(37,19-20-33)18-17-28-25(5-2)14-16-31(36)42-28/h6-7,9,11,14,16-18,23-29,34,37H,4-5,8,10,12-13,15,19-22,33H2,1-3H3,(H2,38,39,40). The number of carbonyl (C=O) groups excluding carboxylic acids is 2. The quantitative estimate of drug-likeness (QED) is 0.0618. The van der Waals surface area contributed by atoms with Crippen LogP contribution in [0, 0.1) is 17.8 Å². The van der Waals surface area contributed by atoms with Crippen LogP contribution in [0.2, 0.25) is 0 Å². The minimum absolute atomic E-state index is 0.0480. The van der Waals surface area contributed by atoms with E-state index in [1.165, 1.54) is 24.3 Å². The molecule has 6 N–H and O–H groups in total. The molecule has 0 radical (unpaired) electrons. The molecule has 1 aliphatic heterocycles. The van der Waals surface area contributed by atoms with E-state index in [0.717, 1.165) is 38.5 Å². The summed E-state index contributed by atoms with van der Waals surface area (Å²) in [7, 11) is -5.08. The number of hydrogen-bond donors (Lipinski definition) is 5. The molecule has 0 bridgehead atoms. The number of ether oxygens (including phenoxy) is 2. The molecular formula is C32H52NO10P. The predicted molar refractivity (Wildman–Crippen MR) is 167 cm³/mol. The average Bonchev–Trinajstić information content (AvgIpc) is 2.96. The SMILES string of the molecule is CCC(C)CCC(=O)OC1CCCC(C=CC=CC(O)CC(OP(=O)(O)O)C(O)(C=CC2OC(=O)C=CC2CC)CCN)C1. The monoisotopic (exact) mass is 641 g/mol. The molecule has 1 heterocycles. The van der Waals surface area contributed by atoms with E-state index >= 15 is 0 Å². The van der Waals surface area contributed by atoms with Crippen molar-refractivity contribution in [1.29, 1.82) is 0 Å². The van der Waals surface area contributed by atoms with Gasteiger partial charge in [0, 0.05) is 24.8 Å². The summed E-state index contributed by atoms with van der Waals surface area (Å²) in [5.41, 5.74) is 3.74. The van der Waals surface area contributed by atoms with E-state index in [0.29, 0.717) is 18.8 Å². The van der Waals surface area contributed by atoms with Crippen molar-refractivity contribution in [2.45, 2.75) is 115 Å². The van der Waals surface area contributed by atoms with E-state index in [9.17, 15) is 34.2 Å². The van der Waals surface area contributed by atoms with Crippen LogP contribution in [-0.2, 0) is 28.2 Å². The van der Waals surface area contributed by atoms with Crippen molar-refractivity contribution in [1.82, 2.24) is 0 Å². The number of aliphatic hydroxyl groups excluding tert-OH is 1. The molecule has 0 aromatic heterocycles. The molecule has 2 aliphatic rings. The van der Waals surface area contributed by atoms with Gasteiger partial charge in [0.05, 0.1) is 6.10 Å². The Kier molecular flexibility index (Phi) is 16.2. The van der Waals surface area contributed by atoms with E-state index in [2.05, 4.69) is 13.8 Å². The van der Waals surface area contributed by atoms with Crippen molar-refractivity contribution in [3.63, 3.8) is 0 Å². The first-order valence-corrected chi connectivity index (χ1v) is 17.3. The van der Waals surface area contributed by atoms with Gasteiger partial charge in [-0.05, 0) is 69.4 Å². The molecule has 2 rings (SSSR count). The fourth-order valence-electron chi connectivity index (χ4n) is 5.46. The molecule has 11 nitrogen and oxygen atoms in total. The summed E-state index contributed by atoms with van der Waals surface area (Å²) in [6, 6.07) is 0. The Morgan fingerprint density at radius 1 is 1.25 bits per heavy atom. The number of hydrogen-bond acceptors (Lipinski definition) is 9. The molecular weight excluding hydrogens is 589 g/mol. The predicted octanol–water partition coefficient (Wildman–Crippen LogP) is 4.40. The fourth-order valence-corrected chi connectivity index (χ4v) is 6.06. The maximum Gasteiger partial charge on any atom is 0.469 e. The van der Waals surface area contributed by atoms with E-state index in [1.54, 1.807) is 18.2 Å². The van der Waals surface area contributed by atoms with Crippen molar-refractivity contribution < 1.29 is 48.2 Å². The first kappa shape index (κ1) is 38.1. The number of aliphatic hydroxyl groups is 2. The molecule has 0 spiro atoms. The third-order valence-electron chi connectivity index (χ3n) is 8.35. The summed E-state index contributed by atoms with van der Waals surface area (Å²) in [5.74, 6) is -0.134. The molecule has 1 aliphatic carbocycles. The van der Waals surface area contributed by atoms with Crippen molar-refractivity contribution in [3.05, 3.63) is 48.6 Å². The van der Waals surface area contributed by atoms with Gasteiger partial charge in [0.15, 0.2) is 0 Å². The first-order chi connectivity index (χ1) is 20.8. The fraction of sp³-hybridized carbons (Fsp3) is 0.688. The number of rotatable bonds is 18. The highest BCUT2D eigenvalue weighted by Gasteiger charge is 2.40. The van der Waals surface area contributed by atoms with Gasteiger partial charge in [0.1, 0.15) is 23.9 Å². The Morgan fingerprint density at radius 2 is 2.00 bits per heavy atom. The number of cyclic esters (lactones) is 1. The molecule has 0 saturated heterocycles. The van der Waals surface area contributed by atoms with Crippen LogP contribution < -0.4 is 5.73 Å². The van der Waals surface area contributed by atoms with Gasteiger partial charge in [-0.25, -0.2) is 9.36 Å². The third-order valence-corrected chi connectivity index (χ3v) is 8.88. The molecule has 1 saturated carbocycles. The number of carbonyl (C=O) groups is 2. The maximum atomic E-state index is 12.2. The Balaban J connectivity index is 2.04. The van der Waals surface area contributed by atoms with Gasteiger partial charge in [-0.2, -0.15) is 0 Å². The average molecular weight is 642 g/mol. The second-order valence-electron chi connectivity index (χ2n) is 12.0. The van der Waals surface area contributed by atoms with Crippen LogP contribution in [0.1, 0.15) is 85.0 Å². The minimum Gasteiger partial charge on any atom is -0.462 e. The van der Waals surface area contributed by atoms with Gasteiger partial charge in [0.25, 0.3) is 0 Å². The summed E-state index contributed by atoms with van der Waals surface area (Å²) in [6.07, 6.45) is 15.0. The van der Waals surface area contributed by atoms with Crippen molar-refractivity contribution in [2.75, 3.05) is 6.54 Å². The van der Waals surface area contributed by atoms with E-state index < -0.39 is 37.7 Å². The number of phosphoric acid groups is 1. The number of esters is 2. The Labute approximate surface area is 261 Å². The van der Waals surface area contributed by atoms with Gasteiger partial charge >= 0.3 is 19.8 Å². The summed E-state index contributed by atoms with van der Waals surface area (Å²) in [5, 5.41) is 22.2. The van der Waals surface area contributed by atoms with Crippen LogP contribution in [0.25, 0.3) is 0 Å². The first-order valence-electron chi connectivity index (χ1n) is 15.8. The second kappa shape index (κ2) is 18.8. The summed E-state index contributed by atoms with van der Waals surface area (Å²) < 4.78 is 27.8. The normalized spacial score (nSPS) is 26.5. The zero-order valence-corrected chi connectivity index (χ0v) is 27.1. The molecule has 0 aromatic carbocycles.